The van der Waals surface area contributed by atoms with Crippen molar-refractivity contribution >= 4 is 66.9 Å². The van der Waals surface area contributed by atoms with E-state index in [-0.39, 0.29) is 59.1 Å². The van der Waals surface area contributed by atoms with Crippen LogP contribution in [0, 0.1) is 0 Å². The fraction of sp³-hybridized carbons (Fsp3) is 1.00. The molecule has 6 N–H and O–H groups in total. The molecule has 1 rings (SSSR count). The quantitative estimate of drug-likeness (QED) is 0.227. The summed E-state index contributed by atoms with van der Waals surface area (Å²) in [7, 11) is -4.91. The van der Waals surface area contributed by atoms with Crippen molar-refractivity contribution in [3.8, 4) is 0 Å². The molecule has 98 valence electrons. The molecule has 1 aliphatic heterocycles. The molecular weight excluding hydrogens is 293 g/mol. The molecule has 5 unspecified atom stereocenters. The maximum absolute atomic E-state index is 10.5. The largest absolute Gasteiger partial charge is 0.472 e. The van der Waals surface area contributed by atoms with E-state index in [0.29, 0.717) is 0 Å². The Labute approximate surface area is 147 Å². The second-order valence-corrected chi connectivity index (χ2v) is 4.49. The van der Waals surface area contributed by atoms with Crippen LogP contribution in [0.3, 0.4) is 0 Å². The minimum absolute atomic E-state index is 0. The van der Waals surface area contributed by atoms with E-state index in [2.05, 4.69) is 9.26 Å². The van der Waals surface area contributed by atoms with E-state index >= 15 is 0 Å². The van der Waals surface area contributed by atoms with Gasteiger partial charge in [0.1, 0.15) is 24.4 Å². The third-order valence-electron chi connectivity index (χ3n) is 2.09. The Balaban J connectivity index is 0. The van der Waals surface area contributed by atoms with Crippen molar-refractivity contribution in [2.24, 2.45) is 0 Å². The standard InChI is InChI=1S/C6H13O9P.2Na/c7-1-2-3(8)4(9)5(10)6(14-2)15-16(11,12)13;;/h2-10H,1H2,(H2,11,12,13);;. The Hall–Kier alpha value is 1.91. The van der Waals surface area contributed by atoms with Crippen LogP contribution in [-0.4, -0.2) is 127 Å². The number of aliphatic hydroxyl groups excluding tert-OH is 4. The first-order chi connectivity index (χ1) is 7.26. The van der Waals surface area contributed by atoms with Gasteiger partial charge in [0.15, 0.2) is 6.29 Å². The zero-order chi connectivity index (χ0) is 12.5. The number of phosphoric acid groups is 1. The van der Waals surface area contributed by atoms with Gasteiger partial charge >= 0.3 is 7.82 Å². The Bertz CT molecular complexity index is 284. The summed E-state index contributed by atoms with van der Waals surface area (Å²) in [6.07, 6.45) is -8.25. The fourth-order valence-electron chi connectivity index (χ4n) is 1.29. The van der Waals surface area contributed by atoms with Gasteiger partial charge in [0.25, 0.3) is 0 Å². The normalized spacial score (nSPS) is 36.4. The molecule has 12 heteroatoms. The minimum Gasteiger partial charge on any atom is -0.394 e. The summed E-state index contributed by atoms with van der Waals surface area (Å²) in [4.78, 5) is 17.0. The van der Waals surface area contributed by atoms with E-state index in [1.807, 2.05) is 0 Å². The van der Waals surface area contributed by atoms with Crippen LogP contribution >= 0.6 is 7.82 Å². The van der Waals surface area contributed by atoms with Crippen molar-refractivity contribution in [1.29, 1.82) is 0 Å². The first-order valence-corrected chi connectivity index (χ1v) is 5.83. The van der Waals surface area contributed by atoms with Crippen LogP contribution in [-0.2, 0) is 13.8 Å². The van der Waals surface area contributed by atoms with Gasteiger partial charge in [-0.25, -0.2) is 4.57 Å². The molecule has 0 bridgehead atoms. The molecule has 0 aromatic carbocycles. The van der Waals surface area contributed by atoms with Gasteiger partial charge < -0.3 is 34.9 Å². The molecule has 1 aliphatic rings. The van der Waals surface area contributed by atoms with Gasteiger partial charge in [-0.1, -0.05) is 0 Å². The van der Waals surface area contributed by atoms with E-state index in [9.17, 15) is 19.9 Å². The van der Waals surface area contributed by atoms with Gasteiger partial charge in [0, 0.05) is 59.1 Å². The van der Waals surface area contributed by atoms with Crippen molar-refractivity contribution < 1.29 is 44.0 Å². The molecule has 0 saturated carbocycles. The average molecular weight is 306 g/mol. The molecule has 0 aromatic rings. The zero-order valence-corrected chi connectivity index (χ0v) is 14.8. The van der Waals surface area contributed by atoms with Gasteiger partial charge in [-0.2, -0.15) is 0 Å². The van der Waals surface area contributed by atoms with Crippen molar-refractivity contribution in [2.75, 3.05) is 6.61 Å². The van der Waals surface area contributed by atoms with E-state index in [1.54, 1.807) is 0 Å². The Kier molecular flexibility index (Phi) is 11.1. The van der Waals surface area contributed by atoms with E-state index < -0.39 is 45.1 Å². The van der Waals surface area contributed by atoms with Gasteiger partial charge in [0.2, 0.25) is 0 Å². The van der Waals surface area contributed by atoms with Gasteiger partial charge in [-0.3, -0.25) is 4.52 Å². The van der Waals surface area contributed by atoms with E-state index in [1.165, 1.54) is 0 Å². The average Bonchev–Trinajstić information content (AvgIpc) is 2.17. The smallest absolute Gasteiger partial charge is 0.394 e. The number of phosphoric ester groups is 1. The molecule has 1 heterocycles. The van der Waals surface area contributed by atoms with Crippen LogP contribution in [0.1, 0.15) is 0 Å². The zero-order valence-electron chi connectivity index (χ0n) is 9.95. The molecule has 0 spiro atoms. The SMILES string of the molecule is O=P(O)(O)OC1OC(CO)C(O)C(O)C1O.[Na].[Na]. The van der Waals surface area contributed by atoms with Crippen LogP contribution < -0.4 is 0 Å². The molecule has 0 amide bonds. The Morgan fingerprint density at radius 2 is 1.56 bits per heavy atom. The summed E-state index contributed by atoms with van der Waals surface area (Å²) in [5, 5.41) is 36.6. The van der Waals surface area contributed by atoms with Crippen LogP contribution in [0.4, 0.5) is 0 Å². The fourth-order valence-corrected chi connectivity index (χ4v) is 1.73. The molecule has 1 saturated heterocycles. The van der Waals surface area contributed by atoms with Crippen molar-refractivity contribution in [2.45, 2.75) is 30.7 Å². The molecule has 0 aliphatic carbocycles. The summed E-state index contributed by atoms with van der Waals surface area (Å²) in [6.45, 7) is -0.702. The maximum atomic E-state index is 10.5. The Morgan fingerprint density at radius 3 is 1.94 bits per heavy atom. The number of aliphatic hydroxyl groups is 4. The summed E-state index contributed by atoms with van der Waals surface area (Å²) in [5.41, 5.74) is 0. The van der Waals surface area contributed by atoms with Crippen LogP contribution in [0.15, 0.2) is 0 Å². The number of hydrogen-bond acceptors (Lipinski definition) is 7. The molecular formula is C6H13Na2O9P. The molecule has 1 fully saturated rings. The first kappa shape index (κ1) is 22.2. The van der Waals surface area contributed by atoms with Crippen LogP contribution in [0.5, 0.6) is 0 Å². The van der Waals surface area contributed by atoms with Gasteiger partial charge in [0.05, 0.1) is 6.61 Å². The van der Waals surface area contributed by atoms with Crippen LogP contribution in [0.25, 0.3) is 0 Å². The number of rotatable bonds is 3. The Morgan fingerprint density at radius 1 is 1.06 bits per heavy atom. The van der Waals surface area contributed by atoms with Crippen molar-refractivity contribution in [3.63, 3.8) is 0 Å². The molecule has 18 heavy (non-hydrogen) atoms. The summed E-state index contributed by atoms with van der Waals surface area (Å²) in [5.74, 6) is 0. The second kappa shape index (κ2) is 9.04. The summed E-state index contributed by atoms with van der Waals surface area (Å²) >= 11 is 0. The molecule has 5 atom stereocenters. The number of hydrogen-bond donors (Lipinski definition) is 6. The number of ether oxygens (including phenoxy) is 1. The second-order valence-electron chi connectivity index (χ2n) is 3.29. The van der Waals surface area contributed by atoms with Crippen molar-refractivity contribution in [1.82, 2.24) is 0 Å². The first-order valence-electron chi connectivity index (χ1n) is 4.30. The summed E-state index contributed by atoms with van der Waals surface area (Å²) < 4.78 is 19.2. The van der Waals surface area contributed by atoms with Crippen LogP contribution in [0.2, 0.25) is 0 Å². The van der Waals surface area contributed by atoms with E-state index in [4.69, 9.17) is 14.9 Å². The predicted molar refractivity (Wildman–Crippen MR) is 58.4 cm³/mol. The maximum Gasteiger partial charge on any atom is 0.472 e. The molecule has 9 nitrogen and oxygen atoms in total. The molecule has 0 aromatic heterocycles. The third kappa shape index (κ3) is 6.13. The topological polar surface area (TPSA) is 157 Å². The minimum atomic E-state index is -4.91. The monoisotopic (exact) mass is 306 g/mol. The van der Waals surface area contributed by atoms with Gasteiger partial charge in [-0.15, -0.1) is 0 Å². The van der Waals surface area contributed by atoms with Gasteiger partial charge in [-0.05, 0) is 0 Å². The third-order valence-corrected chi connectivity index (χ3v) is 2.57. The summed E-state index contributed by atoms with van der Waals surface area (Å²) in [6, 6.07) is 0. The predicted octanol–water partition coefficient (Wildman–Crippen LogP) is -3.87. The van der Waals surface area contributed by atoms with E-state index in [0.717, 1.165) is 0 Å². The molecule has 2 radical (unpaired) electrons. The van der Waals surface area contributed by atoms with Crippen molar-refractivity contribution in [3.05, 3.63) is 0 Å².